The van der Waals surface area contributed by atoms with Crippen LogP contribution in [0.3, 0.4) is 0 Å². The van der Waals surface area contributed by atoms with E-state index in [-0.39, 0.29) is 18.3 Å². The zero-order valence-corrected chi connectivity index (χ0v) is 18.0. The van der Waals surface area contributed by atoms with Crippen LogP contribution < -0.4 is 0 Å². The number of thiophene rings is 1. The van der Waals surface area contributed by atoms with Gasteiger partial charge in [-0.2, -0.15) is 0 Å². The Bertz CT molecular complexity index is 818. The van der Waals surface area contributed by atoms with Crippen LogP contribution in [0.15, 0.2) is 42.0 Å². The zero-order valence-electron chi connectivity index (χ0n) is 16.4. The van der Waals surface area contributed by atoms with Crippen molar-refractivity contribution in [3.05, 3.63) is 63.5 Å². The summed E-state index contributed by atoms with van der Waals surface area (Å²) in [6.45, 7) is 7.13. The number of benzene rings is 1. The van der Waals surface area contributed by atoms with Crippen molar-refractivity contribution in [1.82, 2.24) is 4.90 Å². The molecule has 4 nitrogen and oxygen atoms in total. The third-order valence-corrected chi connectivity index (χ3v) is 6.17. The minimum atomic E-state index is -0.685. The fourth-order valence-electron chi connectivity index (χ4n) is 3.55. The van der Waals surface area contributed by atoms with Crippen molar-refractivity contribution in [3.8, 4) is 0 Å². The molecule has 1 atom stereocenters. The van der Waals surface area contributed by atoms with E-state index in [4.69, 9.17) is 4.74 Å². The van der Waals surface area contributed by atoms with E-state index in [1.807, 2.05) is 12.3 Å². The van der Waals surface area contributed by atoms with Gasteiger partial charge in [-0.1, -0.05) is 24.3 Å². The van der Waals surface area contributed by atoms with Crippen molar-refractivity contribution in [1.29, 1.82) is 0 Å². The van der Waals surface area contributed by atoms with Gasteiger partial charge in [0.2, 0.25) is 0 Å². The third-order valence-electron chi connectivity index (χ3n) is 5.12. The van der Waals surface area contributed by atoms with Gasteiger partial charge in [-0.25, -0.2) is 0 Å². The van der Waals surface area contributed by atoms with Gasteiger partial charge in [0.15, 0.2) is 0 Å². The van der Waals surface area contributed by atoms with Crippen LogP contribution in [-0.2, 0) is 9.53 Å². The second kappa shape index (κ2) is 10.6. The Hall–Kier alpha value is -1.82. The molecule has 3 rings (SSSR count). The Morgan fingerprint density at radius 3 is 2.75 bits per heavy atom. The van der Waals surface area contributed by atoms with E-state index >= 15 is 0 Å². The molecule has 1 aromatic heterocycles. The predicted molar refractivity (Wildman–Crippen MR) is 117 cm³/mol. The standard InChI is InChI=1S/C22H27NO3S.ClH/c1-16-6-3-4-8-19(16)20(21-17(2)9-13-27-21)15-26-12-11-23-10-5-7-18(14-23)22(24)25;/h3-4,6,8-9,13,15,18H,5,7,10-12,14H2,1-2H3,(H,24,25);1H/b20-15+;. The summed E-state index contributed by atoms with van der Waals surface area (Å²) < 4.78 is 5.94. The van der Waals surface area contributed by atoms with Gasteiger partial charge in [0.1, 0.15) is 6.61 Å². The average Bonchev–Trinajstić information content (AvgIpc) is 3.09. The number of carboxylic acid groups (broad SMARTS) is 1. The molecule has 2 aromatic rings. The Morgan fingerprint density at radius 1 is 1.29 bits per heavy atom. The number of rotatable bonds is 7. The molecule has 0 saturated carbocycles. The Balaban J connectivity index is 0.00000280. The summed E-state index contributed by atoms with van der Waals surface area (Å²) in [5, 5.41) is 11.3. The van der Waals surface area contributed by atoms with Crippen molar-refractivity contribution >= 4 is 35.3 Å². The number of carbonyl (C=O) groups is 1. The minimum Gasteiger partial charge on any atom is -0.499 e. The first-order valence-electron chi connectivity index (χ1n) is 9.43. The Morgan fingerprint density at radius 2 is 2.07 bits per heavy atom. The number of aryl methyl sites for hydroxylation is 2. The van der Waals surface area contributed by atoms with Crippen LogP contribution in [0.4, 0.5) is 0 Å². The predicted octanol–water partition coefficient (Wildman–Crippen LogP) is 4.99. The van der Waals surface area contributed by atoms with Crippen LogP contribution in [0.5, 0.6) is 0 Å². The lowest BCUT2D eigenvalue weighted by molar-refractivity contribution is -0.143. The SMILES string of the molecule is Cc1ccccc1/C(=C\OCCN1CCCC(C(=O)O)C1)c1sccc1C.Cl. The van der Waals surface area contributed by atoms with E-state index in [9.17, 15) is 9.90 Å². The molecule has 0 amide bonds. The molecular weight excluding hydrogens is 394 g/mol. The number of piperidine rings is 1. The quantitative estimate of drug-likeness (QED) is 0.505. The lowest BCUT2D eigenvalue weighted by atomic mass is 9.98. The Labute approximate surface area is 177 Å². The summed E-state index contributed by atoms with van der Waals surface area (Å²) in [6, 6.07) is 10.5. The fourth-order valence-corrected chi connectivity index (χ4v) is 4.49. The maximum absolute atomic E-state index is 11.2. The molecule has 1 fully saturated rings. The molecule has 2 heterocycles. The molecule has 1 aromatic carbocycles. The zero-order chi connectivity index (χ0) is 19.2. The number of likely N-dealkylation sites (tertiary alicyclic amines) is 1. The fraction of sp³-hybridized carbons (Fsp3) is 0.409. The molecule has 1 N–H and O–H groups in total. The van der Waals surface area contributed by atoms with Gasteiger partial charge in [0.05, 0.1) is 12.2 Å². The second-order valence-corrected chi connectivity index (χ2v) is 8.04. The highest BCUT2D eigenvalue weighted by molar-refractivity contribution is 7.11. The normalized spacial score (nSPS) is 17.8. The lowest BCUT2D eigenvalue weighted by Crippen LogP contribution is -2.40. The van der Waals surface area contributed by atoms with Crippen LogP contribution in [0.2, 0.25) is 0 Å². The second-order valence-electron chi connectivity index (χ2n) is 7.13. The molecular formula is C22H28ClNO3S. The van der Waals surface area contributed by atoms with Crippen molar-refractivity contribution in [2.75, 3.05) is 26.2 Å². The van der Waals surface area contributed by atoms with E-state index in [1.54, 1.807) is 11.3 Å². The van der Waals surface area contributed by atoms with Gasteiger partial charge >= 0.3 is 5.97 Å². The van der Waals surface area contributed by atoms with Crippen LogP contribution >= 0.6 is 23.7 Å². The molecule has 1 aliphatic rings. The highest BCUT2D eigenvalue weighted by Gasteiger charge is 2.24. The van der Waals surface area contributed by atoms with Gasteiger partial charge in [-0.05, 0) is 61.4 Å². The number of hydrogen-bond donors (Lipinski definition) is 1. The molecule has 0 spiro atoms. The van der Waals surface area contributed by atoms with Crippen LogP contribution in [0.25, 0.3) is 5.57 Å². The Kier molecular flexibility index (Phi) is 8.55. The molecule has 0 radical (unpaired) electrons. The summed E-state index contributed by atoms with van der Waals surface area (Å²) in [6.07, 6.45) is 3.59. The van der Waals surface area contributed by atoms with Crippen LogP contribution in [0.1, 0.15) is 34.4 Å². The number of aliphatic carboxylic acids is 1. The van der Waals surface area contributed by atoms with Gasteiger partial charge < -0.3 is 9.84 Å². The van der Waals surface area contributed by atoms with Crippen molar-refractivity contribution in [2.24, 2.45) is 5.92 Å². The highest BCUT2D eigenvalue weighted by atomic mass is 35.5. The number of hydrogen-bond acceptors (Lipinski definition) is 4. The van der Waals surface area contributed by atoms with Gasteiger partial charge in [0.25, 0.3) is 0 Å². The summed E-state index contributed by atoms with van der Waals surface area (Å²) in [5.41, 5.74) is 4.77. The molecule has 28 heavy (non-hydrogen) atoms. The van der Waals surface area contributed by atoms with E-state index < -0.39 is 5.97 Å². The first-order valence-corrected chi connectivity index (χ1v) is 10.3. The average molecular weight is 422 g/mol. The van der Waals surface area contributed by atoms with Crippen LogP contribution in [-0.4, -0.2) is 42.2 Å². The first-order chi connectivity index (χ1) is 13.1. The number of nitrogens with zero attached hydrogens (tertiary/aromatic N) is 1. The summed E-state index contributed by atoms with van der Waals surface area (Å²) in [5.74, 6) is -0.930. The van der Waals surface area contributed by atoms with Crippen molar-refractivity contribution in [2.45, 2.75) is 26.7 Å². The highest BCUT2D eigenvalue weighted by Crippen LogP contribution is 2.32. The van der Waals surface area contributed by atoms with Crippen LogP contribution in [0, 0.1) is 19.8 Å². The van der Waals surface area contributed by atoms with Gasteiger partial charge in [-0.15, -0.1) is 23.7 Å². The lowest BCUT2D eigenvalue weighted by Gasteiger charge is -2.30. The summed E-state index contributed by atoms with van der Waals surface area (Å²) in [4.78, 5) is 14.6. The monoisotopic (exact) mass is 421 g/mol. The largest absolute Gasteiger partial charge is 0.499 e. The summed E-state index contributed by atoms with van der Waals surface area (Å²) >= 11 is 1.73. The number of ether oxygens (including phenoxy) is 1. The number of carboxylic acids is 1. The molecule has 1 aliphatic heterocycles. The van der Waals surface area contributed by atoms with E-state index in [0.29, 0.717) is 13.2 Å². The van der Waals surface area contributed by atoms with Gasteiger partial charge in [0, 0.05) is 23.5 Å². The maximum Gasteiger partial charge on any atom is 0.307 e. The smallest absolute Gasteiger partial charge is 0.307 e. The van der Waals surface area contributed by atoms with Crippen molar-refractivity contribution < 1.29 is 14.6 Å². The molecule has 152 valence electrons. The maximum atomic E-state index is 11.2. The van der Waals surface area contributed by atoms with E-state index in [0.717, 1.165) is 31.5 Å². The minimum absolute atomic E-state index is 0. The molecule has 0 bridgehead atoms. The van der Waals surface area contributed by atoms with Crippen molar-refractivity contribution in [3.63, 3.8) is 0 Å². The first kappa shape index (κ1) is 22.5. The topological polar surface area (TPSA) is 49.8 Å². The van der Waals surface area contributed by atoms with E-state index in [2.05, 4.69) is 48.4 Å². The summed E-state index contributed by atoms with van der Waals surface area (Å²) in [7, 11) is 0. The third kappa shape index (κ3) is 5.60. The molecule has 1 saturated heterocycles. The molecule has 0 aliphatic carbocycles. The molecule has 6 heteroatoms. The number of halogens is 1. The van der Waals surface area contributed by atoms with E-state index in [1.165, 1.54) is 21.6 Å². The van der Waals surface area contributed by atoms with Gasteiger partial charge in [-0.3, -0.25) is 9.69 Å². The molecule has 1 unspecified atom stereocenters.